The normalized spacial score (nSPS) is 11.0. The second kappa shape index (κ2) is 5.29. The molecule has 1 N–H and O–H groups in total. The van der Waals surface area contributed by atoms with Crippen molar-refractivity contribution in [3.05, 3.63) is 72.3 Å². The van der Waals surface area contributed by atoms with Crippen LogP contribution < -0.4 is 0 Å². The Hall–Kier alpha value is -3.07. The predicted octanol–water partition coefficient (Wildman–Crippen LogP) is 4.77. The number of methoxy groups -OCH3 is 1. The van der Waals surface area contributed by atoms with Gasteiger partial charge in [0.1, 0.15) is 0 Å². The van der Waals surface area contributed by atoms with E-state index < -0.39 is 0 Å². The van der Waals surface area contributed by atoms with Crippen LogP contribution in [0.4, 0.5) is 0 Å². The number of carbonyl (C=O) groups excluding carboxylic acids is 1. The van der Waals surface area contributed by atoms with E-state index in [1.165, 1.54) is 17.9 Å². The maximum atomic E-state index is 11.7. The van der Waals surface area contributed by atoms with Gasteiger partial charge in [-0.15, -0.1) is 0 Å². The molecule has 0 saturated carbocycles. The first-order valence-electron chi connectivity index (χ1n) is 7.45. The zero-order valence-electron chi connectivity index (χ0n) is 12.7. The molecular formula is C20H15NO2. The first-order valence-corrected chi connectivity index (χ1v) is 7.45. The summed E-state index contributed by atoms with van der Waals surface area (Å²) in [5.41, 5.74) is 3.67. The standard InChI is InChI=1S/C20H15NO2/c1-23-20(22)15-10-9-14-11-19(21-18(14)12-15)17-8-4-6-13-5-2-3-7-16(13)17/h2-12,21H,1H3. The summed E-state index contributed by atoms with van der Waals surface area (Å²) < 4.78 is 4.78. The topological polar surface area (TPSA) is 42.1 Å². The number of carbonyl (C=O) groups is 1. The van der Waals surface area contributed by atoms with E-state index in [4.69, 9.17) is 4.74 Å². The lowest BCUT2D eigenvalue weighted by atomic mass is 10.0. The van der Waals surface area contributed by atoms with Gasteiger partial charge in [0, 0.05) is 22.2 Å². The van der Waals surface area contributed by atoms with Gasteiger partial charge in [0.15, 0.2) is 0 Å². The average Bonchev–Trinajstić information content (AvgIpc) is 3.03. The molecule has 0 saturated heterocycles. The summed E-state index contributed by atoms with van der Waals surface area (Å²) in [5, 5.41) is 3.48. The molecule has 1 aromatic heterocycles. The molecule has 23 heavy (non-hydrogen) atoms. The van der Waals surface area contributed by atoms with E-state index in [1.54, 1.807) is 6.07 Å². The fourth-order valence-corrected chi connectivity index (χ4v) is 2.98. The van der Waals surface area contributed by atoms with Crippen molar-refractivity contribution in [2.24, 2.45) is 0 Å². The molecule has 0 aliphatic rings. The molecule has 4 rings (SSSR count). The molecule has 4 aromatic rings. The Morgan fingerprint density at radius 1 is 0.913 bits per heavy atom. The average molecular weight is 301 g/mol. The second-order valence-corrected chi connectivity index (χ2v) is 5.50. The Bertz CT molecular complexity index is 1020. The van der Waals surface area contributed by atoms with Gasteiger partial charge in [-0.1, -0.05) is 48.5 Å². The van der Waals surface area contributed by atoms with Crippen molar-refractivity contribution in [3.63, 3.8) is 0 Å². The molecule has 0 atom stereocenters. The van der Waals surface area contributed by atoms with Crippen molar-refractivity contribution in [1.82, 2.24) is 4.98 Å². The van der Waals surface area contributed by atoms with Crippen molar-refractivity contribution >= 4 is 27.6 Å². The van der Waals surface area contributed by atoms with Crippen LogP contribution in [0.25, 0.3) is 32.9 Å². The third-order valence-corrected chi connectivity index (χ3v) is 4.12. The molecule has 0 spiro atoms. The number of hydrogen-bond donors (Lipinski definition) is 1. The van der Waals surface area contributed by atoms with Crippen molar-refractivity contribution in [2.45, 2.75) is 0 Å². The predicted molar refractivity (Wildman–Crippen MR) is 92.6 cm³/mol. The van der Waals surface area contributed by atoms with Crippen molar-refractivity contribution in [2.75, 3.05) is 7.11 Å². The number of esters is 1. The zero-order chi connectivity index (χ0) is 15.8. The fraction of sp³-hybridized carbons (Fsp3) is 0.0500. The number of benzene rings is 3. The third kappa shape index (κ3) is 2.27. The summed E-state index contributed by atoms with van der Waals surface area (Å²) in [6.45, 7) is 0. The van der Waals surface area contributed by atoms with Crippen LogP contribution in [0.1, 0.15) is 10.4 Å². The SMILES string of the molecule is COC(=O)c1ccc2cc(-c3cccc4ccccc34)[nH]c2c1. The molecule has 0 radical (unpaired) electrons. The lowest BCUT2D eigenvalue weighted by molar-refractivity contribution is 0.0601. The van der Waals surface area contributed by atoms with Crippen LogP contribution in [0.5, 0.6) is 0 Å². The molecule has 0 aliphatic carbocycles. The molecule has 0 fully saturated rings. The van der Waals surface area contributed by atoms with Crippen LogP contribution in [-0.2, 0) is 4.74 Å². The lowest BCUT2D eigenvalue weighted by Crippen LogP contribution is -2.00. The van der Waals surface area contributed by atoms with Gasteiger partial charge >= 0.3 is 5.97 Å². The summed E-state index contributed by atoms with van der Waals surface area (Å²) in [6.07, 6.45) is 0. The van der Waals surface area contributed by atoms with Crippen LogP contribution in [0.15, 0.2) is 66.7 Å². The molecule has 0 unspecified atom stereocenters. The van der Waals surface area contributed by atoms with E-state index in [2.05, 4.69) is 41.4 Å². The number of aromatic nitrogens is 1. The maximum absolute atomic E-state index is 11.7. The number of nitrogens with one attached hydrogen (secondary N) is 1. The fourth-order valence-electron chi connectivity index (χ4n) is 2.98. The molecule has 0 amide bonds. The van der Waals surface area contributed by atoms with Crippen molar-refractivity contribution in [3.8, 4) is 11.3 Å². The van der Waals surface area contributed by atoms with Gasteiger partial charge in [0.2, 0.25) is 0 Å². The molecule has 1 heterocycles. The van der Waals surface area contributed by atoms with Gasteiger partial charge in [-0.05, 0) is 29.0 Å². The summed E-state index contributed by atoms with van der Waals surface area (Å²) >= 11 is 0. The summed E-state index contributed by atoms with van der Waals surface area (Å²) in [6, 6.07) is 22.3. The Morgan fingerprint density at radius 3 is 2.61 bits per heavy atom. The first kappa shape index (κ1) is 13.6. The molecule has 0 bridgehead atoms. The van der Waals surface area contributed by atoms with Gasteiger partial charge in [-0.2, -0.15) is 0 Å². The minimum Gasteiger partial charge on any atom is -0.465 e. The molecule has 3 heteroatoms. The Morgan fingerprint density at radius 2 is 1.74 bits per heavy atom. The van der Waals surface area contributed by atoms with Crippen LogP contribution in [0, 0.1) is 0 Å². The number of aromatic amines is 1. The van der Waals surface area contributed by atoms with Crippen LogP contribution in [0.3, 0.4) is 0 Å². The number of fused-ring (bicyclic) bond motifs is 2. The van der Waals surface area contributed by atoms with Gasteiger partial charge in [-0.25, -0.2) is 4.79 Å². The van der Waals surface area contributed by atoms with E-state index in [1.807, 2.05) is 24.3 Å². The van der Waals surface area contributed by atoms with Crippen LogP contribution in [-0.4, -0.2) is 18.1 Å². The third-order valence-electron chi connectivity index (χ3n) is 4.12. The Balaban J connectivity index is 1.90. The number of rotatable bonds is 2. The van der Waals surface area contributed by atoms with E-state index in [9.17, 15) is 4.79 Å². The minimum atomic E-state index is -0.326. The highest BCUT2D eigenvalue weighted by atomic mass is 16.5. The Kier molecular flexibility index (Phi) is 3.12. The summed E-state index contributed by atoms with van der Waals surface area (Å²) in [4.78, 5) is 15.1. The van der Waals surface area contributed by atoms with Crippen molar-refractivity contribution < 1.29 is 9.53 Å². The summed E-state index contributed by atoms with van der Waals surface area (Å²) in [5.74, 6) is -0.326. The smallest absolute Gasteiger partial charge is 0.337 e. The Labute approximate surface area is 133 Å². The van der Waals surface area contributed by atoms with E-state index in [0.29, 0.717) is 5.56 Å². The summed E-state index contributed by atoms with van der Waals surface area (Å²) in [7, 11) is 1.39. The minimum absolute atomic E-state index is 0.326. The van der Waals surface area contributed by atoms with Crippen LogP contribution in [0.2, 0.25) is 0 Å². The van der Waals surface area contributed by atoms with Gasteiger partial charge in [-0.3, -0.25) is 0 Å². The highest BCUT2D eigenvalue weighted by molar-refractivity contribution is 6.00. The van der Waals surface area contributed by atoms with E-state index in [0.717, 1.165) is 22.2 Å². The number of H-pyrrole nitrogens is 1. The lowest BCUT2D eigenvalue weighted by Gasteiger charge is -2.04. The monoisotopic (exact) mass is 301 g/mol. The molecule has 3 nitrogen and oxygen atoms in total. The van der Waals surface area contributed by atoms with Crippen LogP contribution >= 0.6 is 0 Å². The van der Waals surface area contributed by atoms with Crippen molar-refractivity contribution in [1.29, 1.82) is 0 Å². The largest absolute Gasteiger partial charge is 0.465 e. The zero-order valence-corrected chi connectivity index (χ0v) is 12.7. The first-order chi connectivity index (χ1) is 11.3. The molecular weight excluding hydrogens is 286 g/mol. The highest BCUT2D eigenvalue weighted by Gasteiger charge is 2.10. The van der Waals surface area contributed by atoms with Gasteiger partial charge in [0.05, 0.1) is 12.7 Å². The highest BCUT2D eigenvalue weighted by Crippen LogP contribution is 2.30. The van der Waals surface area contributed by atoms with Gasteiger partial charge in [0.25, 0.3) is 0 Å². The van der Waals surface area contributed by atoms with E-state index in [-0.39, 0.29) is 5.97 Å². The number of hydrogen-bond acceptors (Lipinski definition) is 2. The number of ether oxygens (including phenoxy) is 1. The van der Waals surface area contributed by atoms with Gasteiger partial charge < -0.3 is 9.72 Å². The molecule has 0 aliphatic heterocycles. The molecule has 3 aromatic carbocycles. The quantitative estimate of drug-likeness (QED) is 0.542. The second-order valence-electron chi connectivity index (χ2n) is 5.50. The maximum Gasteiger partial charge on any atom is 0.337 e. The molecule has 112 valence electrons. The van der Waals surface area contributed by atoms with E-state index >= 15 is 0 Å².